The van der Waals surface area contributed by atoms with Gasteiger partial charge in [-0.05, 0) is 49.9 Å². The van der Waals surface area contributed by atoms with Crippen LogP contribution in [0.1, 0.15) is 32.1 Å². The molecule has 2 heteroatoms. The number of hydrogen-bond donors (Lipinski definition) is 0. The summed E-state index contributed by atoms with van der Waals surface area (Å²) in [5, 5.41) is 0. The van der Waals surface area contributed by atoms with Gasteiger partial charge in [-0.3, -0.25) is 0 Å². The molecule has 78 valence electrons. The third kappa shape index (κ3) is 0.989. The number of rotatable bonds is 1. The minimum absolute atomic E-state index is 0.605. The smallest absolute Gasteiger partial charge is 0.0612 e. The van der Waals surface area contributed by atoms with E-state index in [2.05, 4.69) is 0 Å². The van der Waals surface area contributed by atoms with Gasteiger partial charge in [0.2, 0.25) is 0 Å². The number of fused-ring (bicyclic) bond motifs is 4. The van der Waals surface area contributed by atoms with E-state index in [4.69, 9.17) is 9.47 Å². The van der Waals surface area contributed by atoms with Crippen molar-refractivity contribution in [3.63, 3.8) is 0 Å². The highest BCUT2D eigenvalue weighted by atomic mass is 16.5. The fourth-order valence-electron chi connectivity index (χ4n) is 4.30. The quantitative estimate of drug-likeness (QED) is 0.635. The van der Waals surface area contributed by atoms with Crippen molar-refractivity contribution >= 4 is 0 Å². The molecule has 6 atom stereocenters. The van der Waals surface area contributed by atoms with Crippen molar-refractivity contribution in [1.82, 2.24) is 0 Å². The lowest BCUT2D eigenvalue weighted by Crippen LogP contribution is -2.33. The van der Waals surface area contributed by atoms with Gasteiger partial charge in [0.05, 0.1) is 18.3 Å². The summed E-state index contributed by atoms with van der Waals surface area (Å²) >= 11 is 0. The van der Waals surface area contributed by atoms with Crippen LogP contribution in [0.4, 0.5) is 0 Å². The average Bonchev–Trinajstić information content (AvgIpc) is 2.96. The summed E-state index contributed by atoms with van der Waals surface area (Å²) in [6, 6.07) is 0. The lowest BCUT2D eigenvalue weighted by molar-refractivity contribution is -0.00724. The topological polar surface area (TPSA) is 18.5 Å². The molecule has 0 aromatic heterocycles. The first-order valence-electron chi connectivity index (χ1n) is 6.17. The molecular formula is C12H18O2. The van der Waals surface area contributed by atoms with E-state index in [-0.39, 0.29) is 0 Å². The molecule has 0 amide bonds. The van der Waals surface area contributed by atoms with E-state index in [1.54, 1.807) is 0 Å². The molecule has 6 unspecified atom stereocenters. The van der Waals surface area contributed by atoms with Crippen molar-refractivity contribution in [1.29, 1.82) is 0 Å². The standard InChI is InChI=1S/C12H18O2/c1-2-11-10(5-8(1)14-11)9-3-7-4-12(9)13-6-7/h7-12H,1-6H2. The number of hydrogen-bond acceptors (Lipinski definition) is 2. The molecule has 4 rings (SSSR count). The van der Waals surface area contributed by atoms with Crippen molar-refractivity contribution < 1.29 is 9.47 Å². The van der Waals surface area contributed by atoms with Gasteiger partial charge in [0.15, 0.2) is 0 Å². The van der Waals surface area contributed by atoms with Crippen LogP contribution in [-0.2, 0) is 9.47 Å². The minimum Gasteiger partial charge on any atom is -0.378 e. The first kappa shape index (κ1) is 8.12. The zero-order valence-corrected chi connectivity index (χ0v) is 8.52. The highest BCUT2D eigenvalue weighted by Gasteiger charge is 2.51. The molecule has 0 spiro atoms. The Morgan fingerprint density at radius 3 is 2.36 bits per heavy atom. The van der Waals surface area contributed by atoms with Crippen molar-refractivity contribution in [2.75, 3.05) is 6.61 Å². The van der Waals surface area contributed by atoms with Crippen LogP contribution in [-0.4, -0.2) is 24.9 Å². The van der Waals surface area contributed by atoms with Crippen LogP contribution in [0.15, 0.2) is 0 Å². The fourth-order valence-corrected chi connectivity index (χ4v) is 4.30. The molecule has 14 heavy (non-hydrogen) atoms. The van der Waals surface area contributed by atoms with Crippen LogP contribution >= 0.6 is 0 Å². The zero-order chi connectivity index (χ0) is 9.12. The second-order valence-electron chi connectivity index (χ2n) is 5.65. The Balaban J connectivity index is 1.54. The summed E-state index contributed by atoms with van der Waals surface area (Å²) in [6.07, 6.45) is 8.58. The van der Waals surface area contributed by atoms with Gasteiger partial charge in [0.25, 0.3) is 0 Å². The fraction of sp³-hybridized carbons (Fsp3) is 1.00. The van der Waals surface area contributed by atoms with Crippen molar-refractivity contribution in [2.45, 2.75) is 50.4 Å². The SMILES string of the molecule is C1OC2CC1CC2C1CC2CCC1O2. The molecule has 4 bridgehead atoms. The Bertz CT molecular complexity index is 227. The highest BCUT2D eigenvalue weighted by molar-refractivity contribution is 5.00. The predicted molar refractivity (Wildman–Crippen MR) is 52.0 cm³/mol. The van der Waals surface area contributed by atoms with Crippen LogP contribution in [0.3, 0.4) is 0 Å². The molecule has 1 aliphatic carbocycles. The van der Waals surface area contributed by atoms with Crippen LogP contribution < -0.4 is 0 Å². The van der Waals surface area contributed by atoms with Crippen LogP contribution in [0.25, 0.3) is 0 Å². The van der Waals surface area contributed by atoms with E-state index in [0.717, 1.165) is 24.4 Å². The largest absolute Gasteiger partial charge is 0.378 e. The molecule has 0 aromatic rings. The van der Waals surface area contributed by atoms with Gasteiger partial charge in [-0.1, -0.05) is 0 Å². The van der Waals surface area contributed by atoms with Crippen LogP contribution in [0.2, 0.25) is 0 Å². The molecule has 3 heterocycles. The highest BCUT2D eigenvalue weighted by Crippen LogP contribution is 2.51. The van der Waals surface area contributed by atoms with Gasteiger partial charge in [-0.25, -0.2) is 0 Å². The lowest BCUT2D eigenvalue weighted by Gasteiger charge is -2.31. The summed E-state index contributed by atoms with van der Waals surface area (Å²) in [4.78, 5) is 0. The lowest BCUT2D eigenvalue weighted by atomic mass is 9.77. The molecule has 3 saturated heterocycles. The second kappa shape index (κ2) is 2.73. The van der Waals surface area contributed by atoms with Gasteiger partial charge in [-0.2, -0.15) is 0 Å². The zero-order valence-electron chi connectivity index (χ0n) is 8.52. The van der Waals surface area contributed by atoms with Crippen LogP contribution in [0.5, 0.6) is 0 Å². The van der Waals surface area contributed by atoms with E-state index >= 15 is 0 Å². The Hall–Kier alpha value is -0.0800. The number of ether oxygens (including phenoxy) is 2. The Labute approximate surface area is 85.0 Å². The van der Waals surface area contributed by atoms with E-state index in [1.165, 1.54) is 32.1 Å². The van der Waals surface area contributed by atoms with E-state index in [0.29, 0.717) is 18.3 Å². The summed E-state index contributed by atoms with van der Waals surface area (Å²) in [5.74, 6) is 2.59. The maximum Gasteiger partial charge on any atom is 0.0612 e. The molecule has 0 radical (unpaired) electrons. The van der Waals surface area contributed by atoms with Crippen molar-refractivity contribution in [3.8, 4) is 0 Å². The van der Waals surface area contributed by atoms with Gasteiger partial charge in [0, 0.05) is 6.61 Å². The normalized spacial score (nSPS) is 60.0. The Kier molecular flexibility index (Phi) is 1.58. The molecule has 4 fully saturated rings. The molecule has 1 saturated carbocycles. The third-order valence-electron chi connectivity index (χ3n) is 4.90. The Morgan fingerprint density at radius 2 is 1.79 bits per heavy atom. The average molecular weight is 194 g/mol. The molecule has 0 N–H and O–H groups in total. The van der Waals surface area contributed by atoms with Gasteiger partial charge < -0.3 is 9.47 Å². The summed E-state index contributed by atoms with van der Waals surface area (Å²) < 4.78 is 11.8. The summed E-state index contributed by atoms with van der Waals surface area (Å²) in [5.41, 5.74) is 0. The van der Waals surface area contributed by atoms with E-state index < -0.39 is 0 Å². The Morgan fingerprint density at radius 1 is 0.857 bits per heavy atom. The first-order valence-corrected chi connectivity index (χ1v) is 6.17. The molecule has 2 nitrogen and oxygen atoms in total. The van der Waals surface area contributed by atoms with E-state index in [9.17, 15) is 0 Å². The summed E-state index contributed by atoms with van der Waals surface area (Å²) in [6.45, 7) is 1.04. The minimum atomic E-state index is 0.605. The molecule has 4 aliphatic rings. The third-order valence-corrected chi connectivity index (χ3v) is 4.90. The van der Waals surface area contributed by atoms with Gasteiger partial charge in [0.1, 0.15) is 0 Å². The first-order chi connectivity index (χ1) is 6.90. The second-order valence-corrected chi connectivity index (χ2v) is 5.65. The monoisotopic (exact) mass is 194 g/mol. The predicted octanol–water partition coefficient (Wildman–Crippen LogP) is 1.98. The van der Waals surface area contributed by atoms with Crippen molar-refractivity contribution in [2.24, 2.45) is 17.8 Å². The van der Waals surface area contributed by atoms with Crippen molar-refractivity contribution in [3.05, 3.63) is 0 Å². The maximum atomic E-state index is 5.95. The van der Waals surface area contributed by atoms with Gasteiger partial charge >= 0.3 is 0 Å². The van der Waals surface area contributed by atoms with Crippen LogP contribution in [0, 0.1) is 17.8 Å². The summed E-state index contributed by atoms with van der Waals surface area (Å²) in [7, 11) is 0. The van der Waals surface area contributed by atoms with Gasteiger partial charge in [-0.15, -0.1) is 0 Å². The maximum absolute atomic E-state index is 5.95. The molecule has 3 aliphatic heterocycles. The van der Waals surface area contributed by atoms with E-state index in [1.807, 2.05) is 0 Å². The molecule has 0 aromatic carbocycles. The molecular weight excluding hydrogens is 176 g/mol.